The minimum Gasteiger partial charge on any atom is -0.359 e. The maximum atomic E-state index is 4.75. The molecule has 1 N–H and O–H groups in total. The SMILES string of the molecule is Cc1csc(NC2CCN(c3nn4cc(C(C)(C)C)nc4s3)CC2)n1. The van der Waals surface area contributed by atoms with E-state index in [0.717, 1.165) is 52.5 Å². The average Bonchev–Trinajstić information content (AvgIpc) is 3.22. The van der Waals surface area contributed by atoms with E-state index in [4.69, 9.17) is 10.1 Å². The van der Waals surface area contributed by atoms with Gasteiger partial charge in [-0.3, -0.25) is 0 Å². The summed E-state index contributed by atoms with van der Waals surface area (Å²) in [6.07, 6.45) is 4.27. The van der Waals surface area contributed by atoms with Gasteiger partial charge in [0.2, 0.25) is 10.1 Å². The normalized spacial score (nSPS) is 16.7. The molecule has 0 bridgehead atoms. The van der Waals surface area contributed by atoms with Crippen LogP contribution in [-0.4, -0.2) is 38.7 Å². The molecule has 4 heterocycles. The molecule has 0 spiro atoms. The van der Waals surface area contributed by atoms with Gasteiger partial charge < -0.3 is 10.2 Å². The molecule has 0 unspecified atom stereocenters. The summed E-state index contributed by atoms with van der Waals surface area (Å²) in [7, 11) is 0. The Bertz CT molecular complexity index is 832. The highest BCUT2D eigenvalue weighted by atomic mass is 32.1. The van der Waals surface area contributed by atoms with Crippen LogP contribution in [0.3, 0.4) is 0 Å². The largest absolute Gasteiger partial charge is 0.359 e. The summed E-state index contributed by atoms with van der Waals surface area (Å²) >= 11 is 3.38. The van der Waals surface area contributed by atoms with Gasteiger partial charge in [-0.25, -0.2) is 14.5 Å². The monoisotopic (exact) mass is 376 g/mol. The molecule has 0 saturated carbocycles. The Morgan fingerprint density at radius 1 is 1.20 bits per heavy atom. The second kappa shape index (κ2) is 6.25. The fraction of sp³-hybridized carbons (Fsp3) is 0.588. The Morgan fingerprint density at radius 3 is 2.56 bits per heavy atom. The van der Waals surface area contributed by atoms with Crippen LogP contribution in [0, 0.1) is 6.92 Å². The lowest BCUT2D eigenvalue weighted by Gasteiger charge is -2.31. The quantitative estimate of drug-likeness (QED) is 0.750. The van der Waals surface area contributed by atoms with Gasteiger partial charge in [-0.15, -0.1) is 16.4 Å². The van der Waals surface area contributed by atoms with E-state index in [1.807, 2.05) is 11.4 Å². The first-order chi connectivity index (χ1) is 11.9. The number of nitrogens with zero attached hydrogens (tertiary/aromatic N) is 5. The van der Waals surface area contributed by atoms with E-state index in [1.54, 1.807) is 22.7 Å². The van der Waals surface area contributed by atoms with Crippen molar-refractivity contribution in [3.05, 3.63) is 23.0 Å². The average molecular weight is 377 g/mol. The fourth-order valence-corrected chi connectivity index (χ4v) is 4.69. The number of imidazole rings is 1. The van der Waals surface area contributed by atoms with Gasteiger partial charge in [-0.05, 0) is 19.8 Å². The van der Waals surface area contributed by atoms with Gasteiger partial charge in [0.25, 0.3) is 0 Å². The second-order valence-electron chi connectivity index (χ2n) is 7.69. The van der Waals surface area contributed by atoms with Gasteiger partial charge in [0.1, 0.15) is 0 Å². The highest BCUT2D eigenvalue weighted by molar-refractivity contribution is 7.20. The molecule has 134 valence electrons. The number of aryl methyl sites for hydroxylation is 1. The predicted octanol–water partition coefficient (Wildman–Crippen LogP) is 3.93. The van der Waals surface area contributed by atoms with Crippen molar-refractivity contribution in [3.8, 4) is 0 Å². The van der Waals surface area contributed by atoms with Crippen molar-refractivity contribution >= 4 is 37.9 Å². The van der Waals surface area contributed by atoms with Crippen LogP contribution in [0.4, 0.5) is 10.3 Å². The topological polar surface area (TPSA) is 58.4 Å². The summed E-state index contributed by atoms with van der Waals surface area (Å²) < 4.78 is 1.93. The van der Waals surface area contributed by atoms with Crippen LogP contribution >= 0.6 is 22.7 Å². The van der Waals surface area contributed by atoms with Crippen LogP contribution in [0.1, 0.15) is 45.0 Å². The lowest BCUT2D eigenvalue weighted by atomic mass is 9.93. The van der Waals surface area contributed by atoms with Gasteiger partial charge >= 0.3 is 0 Å². The Labute approximate surface area is 155 Å². The number of rotatable bonds is 3. The molecule has 3 aromatic rings. The van der Waals surface area contributed by atoms with Crippen LogP contribution in [0.5, 0.6) is 0 Å². The summed E-state index contributed by atoms with van der Waals surface area (Å²) in [5.41, 5.74) is 2.25. The van der Waals surface area contributed by atoms with Gasteiger partial charge in [0, 0.05) is 29.9 Å². The highest BCUT2D eigenvalue weighted by Gasteiger charge is 2.24. The first kappa shape index (κ1) is 16.8. The smallest absolute Gasteiger partial charge is 0.214 e. The number of nitrogens with one attached hydrogen (secondary N) is 1. The molecule has 1 aliphatic heterocycles. The molecule has 4 rings (SSSR count). The van der Waals surface area contributed by atoms with Crippen molar-refractivity contribution in [2.45, 2.75) is 52.0 Å². The standard InChI is InChI=1S/C17H24N6S2/c1-11-10-24-14(18-11)19-12-5-7-22(8-6-12)16-21-23-9-13(17(2,3)4)20-15(23)25-16/h9-10,12H,5-8H2,1-4H3,(H,18,19). The van der Waals surface area contributed by atoms with Gasteiger partial charge in [-0.1, -0.05) is 32.1 Å². The van der Waals surface area contributed by atoms with Crippen LogP contribution in [0.2, 0.25) is 0 Å². The van der Waals surface area contributed by atoms with E-state index in [0.29, 0.717) is 6.04 Å². The van der Waals surface area contributed by atoms with Crippen molar-refractivity contribution in [3.63, 3.8) is 0 Å². The predicted molar refractivity (Wildman–Crippen MR) is 105 cm³/mol. The van der Waals surface area contributed by atoms with E-state index in [-0.39, 0.29) is 5.41 Å². The molecule has 1 saturated heterocycles. The third-order valence-electron chi connectivity index (χ3n) is 4.51. The first-order valence-electron chi connectivity index (χ1n) is 8.69. The zero-order chi connectivity index (χ0) is 17.6. The molecule has 0 aliphatic carbocycles. The molecule has 0 atom stereocenters. The summed E-state index contributed by atoms with van der Waals surface area (Å²) in [5, 5.41) is 12.5. The van der Waals surface area contributed by atoms with E-state index in [1.165, 1.54) is 0 Å². The Balaban J connectivity index is 1.40. The molecule has 6 nitrogen and oxygen atoms in total. The summed E-state index contributed by atoms with van der Waals surface area (Å²) in [6.45, 7) is 10.6. The molecule has 0 amide bonds. The number of hydrogen-bond acceptors (Lipinski definition) is 7. The number of fused-ring (bicyclic) bond motifs is 1. The number of anilines is 2. The van der Waals surface area contributed by atoms with Crippen molar-refractivity contribution in [2.75, 3.05) is 23.3 Å². The van der Waals surface area contributed by atoms with Gasteiger partial charge in [-0.2, -0.15) is 0 Å². The van der Waals surface area contributed by atoms with Crippen molar-refractivity contribution in [1.29, 1.82) is 0 Å². The Kier molecular flexibility index (Phi) is 4.19. The molecule has 1 fully saturated rings. The number of hydrogen-bond donors (Lipinski definition) is 1. The summed E-state index contributed by atoms with van der Waals surface area (Å²) in [5.74, 6) is 0. The number of piperidine rings is 1. The van der Waals surface area contributed by atoms with Crippen LogP contribution in [0.15, 0.2) is 11.6 Å². The molecule has 25 heavy (non-hydrogen) atoms. The van der Waals surface area contributed by atoms with E-state index < -0.39 is 0 Å². The number of thiazole rings is 1. The van der Waals surface area contributed by atoms with Crippen molar-refractivity contribution < 1.29 is 0 Å². The lowest BCUT2D eigenvalue weighted by molar-refractivity contribution is 0.524. The molecule has 1 aliphatic rings. The van der Waals surface area contributed by atoms with Gasteiger partial charge in [0.05, 0.1) is 17.6 Å². The van der Waals surface area contributed by atoms with E-state index in [2.05, 4.69) is 47.5 Å². The highest BCUT2D eigenvalue weighted by Crippen LogP contribution is 2.29. The maximum absolute atomic E-state index is 4.75. The Hall–Kier alpha value is -1.67. The zero-order valence-electron chi connectivity index (χ0n) is 15.1. The van der Waals surface area contributed by atoms with Gasteiger partial charge in [0.15, 0.2) is 5.13 Å². The van der Waals surface area contributed by atoms with E-state index in [9.17, 15) is 0 Å². The van der Waals surface area contributed by atoms with Crippen LogP contribution < -0.4 is 10.2 Å². The molecule has 3 aromatic heterocycles. The molecular weight excluding hydrogens is 352 g/mol. The minimum absolute atomic E-state index is 0.0613. The zero-order valence-corrected chi connectivity index (χ0v) is 16.7. The first-order valence-corrected chi connectivity index (χ1v) is 10.4. The molecule has 0 aromatic carbocycles. The third-order valence-corrected chi connectivity index (χ3v) is 6.39. The maximum Gasteiger partial charge on any atom is 0.214 e. The third kappa shape index (κ3) is 3.50. The summed E-state index contributed by atoms with van der Waals surface area (Å²) in [4.78, 5) is 12.6. The lowest BCUT2D eigenvalue weighted by Crippen LogP contribution is -2.39. The number of aromatic nitrogens is 4. The minimum atomic E-state index is 0.0613. The van der Waals surface area contributed by atoms with Crippen LogP contribution in [-0.2, 0) is 5.41 Å². The summed E-state index contributed by atoms with van der Waals surface area (Å²) in [6, 6.07) is 0.498. The molecular formula is C17H24N6S2. The second-order valence-corrected chi connectivity index (χ2v) is 9.48. The molecule has 0 radical (unpaired) electrons. The Morgan fingerprint density at radius 2 is 1.96 bits per heavy atom. The van der Waals surface area contributed by atoms with Crippen molar-refractivity contribution in [1.82, 2.24) is 19.6 Å². The molecule has 8 heteroatoms. The van der Waals surface area contributed by atoms with E-state index >= 15 is 0 Å². The fourth-order valence-electron chi connectivity index (χ4n) is 2.99. The van der Waals surface area contributed by atoms with Crippen molar-refractivity contribution in [2.24, 2.45) is 0 Å². The van der Waals surface area contributed by atoms with Crippen LogP contribution in [0.25, 0.3) is 4.96 Å².